The largest absolute Gasteiger partial charge is 0.350 e. The molecule has 0 unspecified atom stereocenters. The average molecular weight is 331 g/mol. The smallest absolute Gasteiger partial charge is 0.230 e. The van der Waals surface area contributed by atoms with Gasteiger partial charge in [-0.15, -0.1) is 21.5 Å². The van der Waals surface area contributed by atoms with Crippen LogP contribution in [0.3, 0.4) is 0 Å². The van der Waals surface area contributed by atoms with Gasteiger partial charge < -0.3 is 5.32 Å². The summed E-state index contributed by atoms with van der Waals surface area (Å²) in [6.45, 7) is 0.570. The molecule has 22 heavy (non-hydrogen) atoms. The highest BCUT2D eigenvalue weighted by molar-refractivity contribution is 7.99. The number of carbonyl (C=O) groups excluding carboxylic acids is 1. The minimum absolute atomic E-state index is 0.0173. The monoisotopic (exact) mass is 331 g/mol. The Labute approximate surface area is 135 Å². The van der Waals surface area contributed by atoms with Crippen molar-refractivity contribution in [2.24, 2.45) is 0 Å². The molecule has 112 valence electrons. The molecular weight excluding hydrogens is 318 g/mol. The van der Waals surface area contributed by atoms with Gasteiger partial charge in [0.15, 0.2) is 5.82 Å². The van der Waals surface area contributed by atoms with Gasteiger partial charge in [-0.1, -0.05) is 17.8 Å². The fraction of sp³-hybridized carbons (Fsp3) is 0.143. The van der Waals surface area contributed by atoms with Crippen LogP contribution in [0, 0.1) is 0 Å². The van der Waals surface area contributed by atoms with Crippen LogP contribution in [0.15, 0.2) is 53.1 Å². The highest BCUT2D eigenvalue weighted by Crippen LogP contribution is 2.15. The second-order valence-electron chi connectivity index (χ2n) is 4.33. The summed E-state index contributed by atoms with van der Waals surface area (Å²) in [6, 6.07) is 9.45. The normalized spacial score (nSPS) is 10.5. The molecule has 3 aromatic heterocycles. The third kappa shape index (κ3) is 3.92. The SMILES string of the molecule is O=C(CSc1ccc(-n2cccn2)nn1)NCc1cccs1. The fourth-order valence-corrected chi connectivity index (χ4v) is 2.99. The summed E-state index contributed by atoms with van der Waals surface area (Å²) in [5.41, 5.74) is 0. The summed E-state index contributed by atoms with van der Waals surface area (Å²) in [7, 11) is 0. The maximum atomic E-state index is 11.8. The number of rotatable bonds is 6. The first-order valence-electron chi connectivity index (χ1n) is 6.57. The zero-order chi connectivity index (χ0) is 15.2. The van der Waals surface area contributed by atoms with Crippen LogP contribution in [0.2, 0.25) is 0 Å². The third-order valence-electron chi connectivity index (χ3n) is 2.76. The number of amides is 1. The van der Waals surface area contributed by atoms with Crippen molar-refractivity contribution in [2.75, 3.05) is 5.75 Å². The highest BCUT2D eigenvalue weighted by Gasteiger charge is 2.05. The maximum absolute atomic E-state index is 11.8. The van der Waals surface area contributed by atoms with E-state index in [2.05, 4.69) is 20.6 Å². The van der Waals surface area contributed by atoms with Crippen molar-refractivity contribution < 1.29 is 4.79 Å². The summed E-state index contributed by atoms with van der Waals surface area (Å²) in [6.07, 6.45) is 3.48. The zero-order valence-electron chi connectivity index (χ0n) is 11.5. The van der Waals surface area contributed by atoms with E-state index in [1.807, 2.05) is 35.7 Å². The average Bonchev–Trinajstić information content (AvgIpc) is 3.24. The van der Waals surface area contributed by atoms with Crippen molar-refractivity contribution in [2.45, 2.75) is 11.6 Å². The summed E-state index contributed by atoms with van der Waals surface area (Å²) in [5.74, 6) is 0.953. The van der Waals surface area contributed by atoms with Crippen molar-refractivity contribution in [3.05, 3.63) is 53.0 Å². The second kappa shape index (κ2) is 7.19. The first-order chi connectivity index (χ1) is 10.8. The topological polar surface area (TPSA) is 72.7 Å². The van der Waals surface area contributed by atoms with Crippen LogP contribution in [-0.2, 0) is 11.3 Å². The molecule has 0 aliphatic carbocycles. The molecule has 1 N–H and O–H groups in total. The lowest BCUT2D eigenvalue weighted by Gasteiger charge is -2.04. The molecule has 0 aliphatic heterocycles. The molecule has 0 bridgehead atoms. The fourth-order valence-electron chi connectivity index (χ4n) is 1.71. The quantitative estimate of drug-likeness (QED) is 0.701. The van der Waals surface area contributed by atoms with E-state index in [1.54, 1.807) is 28.4 Å². The number of thiophene rings is 1. The molecule has 3 aromatic rings. The second-order valence-corrected chi connectivity index (χ2v) is 6.35. The Bertz CT molecular complexity index is 710. The van der Waals surface area contributed by atoms with E-state index in [1.165, 1.54) is 11.8 Å². The van der Waals surface area contributed by atoms with Crippen molar-refractivity contribution in [3.63, 3.8) is 0 Å². The number of thioether (sulfide) groups is 1. The number of nitrogens with zero attached hydrogens (tertiary/aromatic N) is 4. The molecule has 3 rings (SSSR count). The molecule has 8 heteroatoms. The molecule has 6 nitrogen and oxygen atoms in total. The van der Waals surface area contributed by atoms with E-state index < -0.39 is 0 Å². The molecule has 0 spiro atoms. The summed E-state index contributed by atoms with van der Waals surface area (Å²) in [4.78, 5) is 12.9. The number of carbonyl (C=O) groups is 1. The van der Waals surface area contributed by atoms with Crippen LogP contribution in [-0.4, -0.2) is 31.6 Å². The van der Waals surface area contributed by atoms with Gasteiger partial charge in [-0.25, -0.2) is 4.68 Å². The Morgan fingerprint density at radius 3 is 2.91 bits per heavy atom. The lowest BCUT2D eigenvalue weighted by Crippen LogP contribution is -2.24. The molecule has 0 saturated heterocycles. The lowest BCUT2D eigenvalue weighted by atomic mass is 10.4. The summed E-state index contributed by atoms with van der Waals surface area (Å²) >= 11 is 2.99. The molecule has 0 aromatic carbocycles. The van der Waals surface area contributed by atoms with Crippen molar-refractivity contribution >= 4 is 29.0 Å². The van der Waals surface area contributed by atoms with Crippen LogP contribution in [0.25, 0.3) is 5.82 Å². The Morgan fingerprint density at radius 2 is 2.23 bits per heavy atom. The van der Waals surface area contributed by atoms with Gasteiger partial charge in [0.2, 0.25) is 5.91 Å². The van der Waals surface area contributed by atoms with Gasteiger partial charge in [-0.2, -0.15) is 5.10 Å². The van der Waals surface area contributed by atoms with Gasteiger partial charge in [-0.05, 0) is 29.6 Å². The van der Waals surface area contributed by atoms with Gasteiger partial charge in [0, 0.05) is 17.3 Å². The van der Waals surface area contributed by atoms with Crippen LogP contribution >= 0.6 is 23.1 Å². The molecule has 0 atom stereocenters. The predicted octanol–water partition coefficient (Wildman–Crippen LogP) is 2.13. The van der Waals surface area contributed by atoms with E-state index >= 15 is 0 Å². The van der Waals surface area contributed by atoms with E-state index in [4.69, 9.17) is 0 Å². The maximum Gasteiger partial charge on any atom is 0.230 e. The molecule has 1 amide bonds. The third-order valence-corrected chi connectivity index (χ3v) is 4.55. The number of hydrogen-bond donors (Lipinski definition) is 1. The van der Waals surface area contributed by atoms with Crippen LogP contribution < -0.4 is 5.32 Å². The lowest BCUT2D eigenvalue weighted by molar-refractivity contribution is -0.118. The Balaban J connectivity index is 1.48. The van der Waals surface area contributed by atoms with E-state index in [0.29, 0.717) is 23.1 Å². The Kier molecular flexibility index (Phi) is 4.81. The Morgan fingerprint density at radius 1 is 1.27 bits per heavy atom. The number of nitrogens with one attached hydrogen (secondary N) is 1. The summed E-state index contributed by atoms with van der Waals surface area (Å²) in [5, 5.41) is 17.8. The van der Waals surface area contributed by atoms with Gasteiger partial charge in [0.25, 0.3) is 0 Å². The van der Waals surface area contributed by atoms with Crippen molar-refractivity contribution in [1.29, 1.82) is 0 Å². The van der Waals surface area contributed by atoms with Crippen LogP contribution in [0.1, 0.15) is 4.88 Å². The minimum atomic E-state index is -0.0173. The van der Waals surface area contributed by atoms with E-state index in [9.17, 15) is 4.79 Å². The zero-order valence-corrected chi connectivity index (χ0v) is 13.2. The molecule has 0 radical (unpaired) electrons. The van der Waals surface area contributed by atoms with Gasteiger partial charge >= 0.3 is 0 Å². The van der Waals surface area contributed by atoms with Gasteiger partial charge in [0.1, 0.15) is 5.03 Å². The van der Waals surface area contributed by atoms with Crippen molar-refractivity contribution in [3.8, 4) is 5.82 Å². The molecule has 3 heterocycles. The van der Waals surface area contributed by atoms with Crippen LogP contribution in [0.4, 0.5) is 0 Å². The summed E-state index contributed by atoms with van der Waals surface area (Å²) < 4.78 is 1.63. The molecule has 0 fully saturated rings. The Hall–Kier alpha value is -2.19. The van der Waals surface area contributed by atoms with E-state index in [-0.39, 0.29) is 5.91 Å². The number of aromatic nitrogens is 4. The number of hydrogen-bond acceptors (Lipinski definition) is 6. The molecule has 0 saturated carbocycles. The van der Waals surface area contributed by atoms with Crippen molar-refractivity contribution in [1.82, 2.24) is 25.3 Å². The molecule has 0 aliphatic rings. The predicted molar refractivity (Wildman–Crippen MR) is 86.0 cm³/mol. The van der Waals surface area contributed by atoms with Gasteiger partial charge in [0.05, 0.1) is 12.3 Å². The van der Waals surface area contributed by atoms with E-state index in [0.717, 1.165) is 4.88 Å². The molecular formula is C14H13N5OS2. The van der Waals surface area contributed by atoms with Gasteiger partial charge in [-0.3, -0.25) is 4.79 Å². The first kappa shape index (κ1) is 14.7. The minimum Gasteiger partial charge on any atom is -0.350 e. The first-order valence-corrected chi connectivity index (χ1v) is 8.43. The van der Waals surface area contributed by atoms with Crippen LogP contribution in [0.5, 0.6) is 0 Å². The highest BCUT2D eigenvalue weighted by atomic mass is 32.2. The standard InChI is InChI=1S/C14H13N5OS2/c20-13(15-9-11-3-1-8-21-11)10-22-14-5-4-12(17-18-14)19-7-2-6-16-19/h1-8H,9-10H2,(H,15,20).